The highest BCUT2D eigenvalue weighted by atomic mass is 16.5. The molecule has 0 bridgehead atoms. The number of hydrogen-bond donors (Lipinski definition) is 2. The average Bonchev–Trinajstić information content (AvgIpc) is 3.50. The molecule has 1 aromatic carbocycles. The molecule has 28 heavy (non-hydrogen) atoms. The van der Waals surface area contributed by atoms with E-state index in [1.807, 2.05) is 42.5 Å². The summed E-state index contributed by atoms with van der Waals surface area (Å²) in [6.07, 6.45) is 5.82. The Labute approximate surface area is 163 Å². The Bertz CT molecular complexity index is 899. The zero-order chi connectivity index (χ0) is 19.3. The van der Waals surface area contributed by atoms with Crippen molar-refractivity contribution in [2.45, 2.75) is 18.9 Å². The summed E-state index contributed by atoms with van der Waals surface area (Å²) < 4.78 is 12.7. The molecule has 7 heteroatoms. The molecule has 1 saturated heterocycles. The fourth-order valence-corrected chi connectivity index (χ4v) is 3.77. The number of para-hydroxylation sites is 1. The van der Waals surface area contributed by atoms with Gasteiger partial charge in [-0.3, -0.25) is 4.79 Å². The van der Waals surface area contributed by atoms with Crippen LogP contribution in [0.15, 0.2) is 59.3 Å². The summed E-state index contributed by atoms with van der Waals surface area (Å²) >= 11 is 0. The molecule has 0 saturated carbocycles. The molecular formula is C21H25N4O3+. The van der Waals surface area contributed by atoms with Gasteiger partial charge in [-0.15, -0.1) is 0 Å². The van der Waals surface area contributed by atoms with Crippen LogP contribution in [-0.2, 0) is 0 Å². The number of hydrogen-bond acceptors (Lipinski definition) is 4. The number of carbonyl (C=O) groups excluding carboxylic acids is 1. The van der Waals surface area contributed by atoms with Gasteiger partial charge in [0.05, 0.1) is 44.9 Å². The molecule has 146 valence electrons. The lowest BCUT2D eigenvalue weighted by molar-refractivity contribution is -0.919. The van der Waals surface area contributed by atoms with Crippen molar-refractivity contribution in [3.05, 3.63) is 66.4 Å². The molecule has 0 spiro atoms. The lowest BCUT2D eigenvalue weighted by atomic mass is 10.2. The third-order valence-electron chi connectivity index (χ3n) is 5.23. The van der Waals surface area contributed by atoms with Crippen molar-refractivity contribution in [3.8, 4) is 11.4 Å². The van der Waals surface area contributed by atoms with Crippen LogP contribution in [0.1, 0.15) is 35.1 Å². The number of quaternary nitrogens is 1. The molecule has 3 aromatic rings. The van der Waals surface area contributed by atoms with Crippen LogP contribution in [0.3, 0.4) is 0 Å². The van der Waals surface area contributed by atoms with Gasteiger partial charge in [0, 0.05) is 12.8 Å². The minimum atomic E-state index is -0.248. The first kappa shape index (κ1) is 18.3. The summed E-state index contributed by atoms with van der Waals surface area (Å²) in [4.78, 5) is 14.3. The number of nitrogens with zero attached hydrogens (tertiary/aromatic N) is 2. The second-order valence-electron chi connectivity index (χ2n) is 6.97. The molecule has 1 aliphatic heterocycles. The fraction of sp³-hybridized carbons (Fsp3) is 0.333. The van der Waals surface area contributed by atoms with E-state index in [2.05, 4.69) is 10.4 Å². The Morgan fingerprint density at radius 2 is 2.04 bits per heavy atom. The van der Waals surface area contributed by atoms with E-state index in [4.69, 9.17) is 9.15 Å². The minimum absolute atomic E-state index is 0.101. The summed E-state index contributed by atoms with van der Waals surface area (Å²) in [6.45, 7) is 2.67. The van der Waals surface area contributed by atoms with E-state index in [1.165, 1.54) is 17.7 Å². The number of likely N-dealkylation sites (tertiary alicyclic amines) is 1. The van der Waals surface area contributed by atoms with Gasteiger partial charge in [0.25, 0.3) is 5.91 Å². The van der Waals surface area contributed by atoms with Gasteiger partial charge >= 0.3 is 0 Å². The first-order valence-electron chi connectivity index (χ1n) is 9.61. The van der Waals surface area contributed by atoms with Crippen molar-refractivity contribution in [2.24, 2.45) is 0 Å². The van der Waals surface area contributed by atoms with Gasteiger partial charge in [0.15, 0.2) is 23.2 Å². The minimum Gasteiger partial charge on any atom is -0.493 e. The lowest BCUT2D eigenvalue weighted by Gasteiger charge is -2.23. The maximum Gasteiger partial charge on any atom is 0.275 e. The van der Waals surface area contributed by atoms with Gasteiger partial charge in [-0.1, -0.05) is 18.2 Å². The smallest absolute Gasteiger partial charge is 0.275 e. The van der Waals surface area contributed by atoms with Gasteiger partial charge in [0.2, 0.25) is 0 Å². The van der Waals surface area contributed by atoms with Gasteiger partial charge in [0.1, 0.15) is 0 Å². The molecule has 3 heterocycles. The zero-order valence-corrected chi connectivity index (χ0v) is 15.9. The third-order valence-corrected chi connectivity index (χ3v) is 5.23. The molecule has 1 aliphatic rings. The summed E-state index contributed by atoms with van der Waals surface area (Å²) in [7, 11) is 1.54. The Morgan fingerprint density at radius 1 is 1.25 bits per heavy atom. The monoisotopic (exact) mass is 381 g/mol. The van der Waals surface area contributed by atoms with Crippen molar-refractivity contribution in [2.75, 3.05) is 26.7 Å². The normalized spacial score (nSPS) is 15.5. The Balaban J connectivity index is 1.50. The largest absolute Gasteiger partial charge is 0.493 e. The number of methoxy groups -OCH3 is 1. The predicted octanol–water partition coefficient (Wildman–Crippen LogP) is 1.62. The van der Waals surface area contributed by atoms with Crippen LogP contribution in [0.4, 0.5) is 0 Å². The third kappa shape index (κ3) is 3.80. The second-order valence-corrected chi connectivity index (χ2v) is 6.97. The molecule has 7 nitrogen and oxygen atoms in total. The van der Waals surface area contributed by atoms with Crippen LogP contribution in [0.5, 0.6) is 5.75 Å². The standard InChI is InChI=1S/C21H24N4O3/c1-27-19-15-25(16-8-3-2-4-9-16)23-20(19)21(26)22-14-17(18-10-7-13-28-18)24-11-5-6-12-24/h2-4,7-10,13,15,17H,5-6,11-12,14H2,1H3,(H,22,26)/p+1/t17-/m1/s1. The Hall–Kier alpha value is -3.06. The van der Waals surface area contributed by atoms with Crippen molar-refractivity contribution < 1.29 is 18.8 Å². The molecule has 0 aliphatic carbocycles. The van der Waals surface area contributed by atoms with Crippen molar-refractivity contribution in [3.63, 3.8) is 0 Å². The van der Waals surface area contributed by atoms with E-state index in [1.54, 1.807) is 24.3 Å². The Morgan fingerprint density at radius 3 is 2.71 bits per heavy atom. The first-order valence-corrected chi connectivity index (χ1v) is 9.61. The van der Waals surface area contributed by atoms with Crippen molar-refractivity contribution in [1.82, 2.24) is 15.1 Å². The van der Waals surface area contributed by atoms with Gasteiger partial charge in [-0.25, -0.2) is 4.68 Å². The molecule has 1 amide bonds. The number of rotatable bonds is 7. The number of amides is 1. The van der Waals surface area contributed by atoms with Crippen LogP contribution in [-0.4, -0.2) is 42.4 Å². The van der Waals surface area contributed by atoms with Crippen molar-refractivity contribution >= 4 is 5.91 Å². The van der Waals surface area contributed by atoms with E-state index in [0.29, 0.717) is 12.3 Å². The molecule has 2 N–H and O–H groups in total. The zero-order valence-electron chi connectivity index (χ0n) is 15.9. The van der Waals surface area contributed by atoms with E-state index >= 15 is 0 Å². The highest BCUT2D eigenvalue weighted by molar-refractivity contribution is 5.95. The topological polar surface area (TPSA) is 73.7 Å². The van der Waals surface area contributed by atoms with Crippen LogP contribution in [0.2, 0.25) is 0 Å². The first-order chi connectivity index (χ1) is 13.8. The van der Waals surface area contributed by atoms with Crippen LogP contribution in [0.25, 0.3) is 5.69 Å². The van der Waals surface area contributed by atoms with Crippen LogP contribution < -0.4 is 15.0 Å². The maximum absolute atomic E-state index is 12.9. The fourth-order valence-electron chi connectivity index (χ4n) is 3.77. The number of aromatic nitrogens is 2. The number of furan rings is 1. The quantitative estimate of drug-likeness (QED) is 0.652. The van der Waals surface area contributed by atoms with Crippen molar-refractivity contribution in [1.29, 1.82) is 0 Å². The molecule has 0 radical (unpaired) electrons. The summed E-state index contributed by atoms with van der Waals surface area (Å²) in [5, 5.41) is 7.47. The predicted molar refractivity (Wildman–Crippen MR) is 104 cm³/mol. The summed E-state index contributed by atoms with van der Waals surface area (Å²) in [6, 6.07) is 13.6. The second kappa shape index (κ2) is 8.31. The van der Waals surface area contributed by atoms with Gasteiger partial charge < -0.3 is 19.4 Å². The molecule has 4 rings (SSSR count). The number of nitrogens with one attached hydrogen (secondary N) is 2. The molecular weight excluding hydrogens is 356 g/mol. The summed E-state index contributed by atoms with van der Waals surface area (Å²) in [5.74, 6) is 1.10. The highest BCUT2D eigenvalue weighted by Gasteiger charge is 2.30. The van der Waals surface area contributed by atoms with E-state index in [0.717, 1.165) is 24.5 Å². The number of benzene rings is 1. The van der Waals surface area contributed by atoms with Crippen LogP contribution >= 0.6 is 0 Å². The number of ether oxygens (including phenoxy) is 1. The lowest BCUT2D eigenvalue weighted by Crippen LogP contribution is -3.11. The summed E-state index contributed by atoms with van der Waals surface area (Å²) in [5.41, 5.74) is 1.15. The van der Waals surface area contributed by atoms with Gasteiger partial charge in [-0.2, -0.15) is 5.10 Å². The van der Waals surface area contributed by atoms with E-state index in [9.17, 15) is 4.79 Å². The number of carbonyl (C=O) groups is 1. The van der Waals surface area contributed by atoms with Gasteiger partial charge in [-0.05, 0) is 24.3 Å². The highest BCUT2D eigenvalue weighted by Crippen LogP contribution is 2.20. The maximum atomic E-state index is 12.9. The Kier molecular flexibility index (Phi) is 5.43. The van der Waals surface area contributed by atoms with Crippen LogP contribution in [0, 0.1) is 0 Å². The SMILES string of the molecule is COc1cn(-c2ccccc2)nc1C(=O)NC[C@H](c1ccco1)[NH+]1CCCC1. The molecule has 2 aromatic heterocycles. The van der Waals surface area contributed by atoms with E-state index < -0.39 is 0 Å². The molecule has 1 fully saturated rings. The molecule has 1 atom stereocenters. The molecule has 0 unspecified atom stereocenters. The van der Waals surface area contributed by atoms with E-state index in [-0.39, 0.29) is 17.6 Å². The average molecular weight is 381 g/mol.